The minimum absolute atomic E-state index is 0.0603. The molecule has 0 spiro atoms. The van der Waals surface area contributed by atoms with E-state index in [1.807, 2.05) is 6.92 Å². The largest absolute Gasteiger partial charge is 0.310 e. The second-order valence-corrected chi connectivity index (χ2v) is 10.8. The number of pyridine rings is 2. The lowest BCUT2D eigenvalue weighted by atomic mass is 9.71. The SMILES string of the molecule is CC1(c2ccc(Cl)cn2)CCc2nc(NC(=O)Cc3ccc(S(C)(=O)=O)cc3)ccc2C1=O. The van der Waals surface area contributed by atoms with E-state index in [2.05, 4.69) is 15.3 Å². The molecule has 1 aromatic carbocycles. The molecule has 170 valence electrons. The third-order valence-electron chi connectivity index (χ3n) is 5.86. The van der Waals surface area contributed by atoms with Gasteiger partial charge in [-0.05, 0) is 61.7 Å². The third kappa shape index (κ3) is 4.82. The zero-order valence-electron chi connectivity index (χ0n) is 18.1. The molecule has 4 rings (SSSR count). The first-order valence-corrected chi connectivity index (χ1v) is 12.6. The molecule has 0 radical (unpaired) electrons. The Bertz CT molecular complexity index is 1340. The average molecular weight is 484 g/mol. The molecule has 9 heteroatoms. The van der Waals surface area contributed by atoms with Gasteiger partial charge in [-0.25, -0.2) is 13.4 Å². The molecular formula is C24H22ClN3O4S. The first kappa shape index (κ1) is 23.1. The monoisotopic (exact) mass is 483 g/mol. The van der Waals surface area contributed by atoms with Crippen LogP contribution in [-0.2, 0) is 32.9 Å². The summed E-state index contributed by atoms with van der Waals surface area (Å²) in [5, 5.41) is 3.27. The van der Waals surface area contributed by atoms with Gasteiger partial charge in [0.15, 0.2) is 15.6 Å². The van der Waals surface area contributed by atoms with E-state index >= 15 is 0 Å². The van der Waals surface area contributed by atoms with Crippen LogP contribution in [0.4, 0.5) is 5.82 Å². The fourth-order valence-corrected chi connectivity index (χ4v) is 4.66. The highest BCUT2D eigenvalue weighted by molar-refractivity contribution is 7.90. The molecule has 1 aliphatic rings. The van der Waals surface area contributed by atoms with Crippen LogP contribution < -0.4 is 5.32 Å². The van der Waals surface area contributed by atoms with Gasteiger partial charge in [-0.2, -0.15) is 0 Å². The van der Waals surface area contributed by atoms with Crippen LogP contribution >= 0.6 is 11.6 Å². The molecule has 1 unspecified atom stereocenters. The molecule has 1 amide bonds. The van der Waals surface area contributed by atoms with Crippen LogP contribution in [0.1, 0.15) is 40.7 Å². The van der Waals surface area contributed by atoms with Crippen LogP contribution in [0.15, 0.2) is 59.6 Å². The van der Waals surface area contributed by atoms with Gasteiger partial charge < -0.3 is 5.32 Å². The number of carbonyl (C=O) groups is 2. The van der Waals surface area contributed by atoms with Gasteiger partial charge in [-0.1, -0.05) is 23.7 Å². The predicted octanol–water partition coefficient (Wildman–Crippen LogP) is 3.80. The summed E-state index contributed by atoms with van der Waals surface area (Å²) < 4.78 is 23.1. The minimum atomic E-state index is -3.29. The molecule has 0 bridgehead atoms. The lowest BCUT2D eigenvalue weighted by molar-refractivity contribution is -0.115. The number of nitrogens with one attached hydrogen (secondary N) is 1. The maximum absolute atomic E-state index is 13.3. The number of Topliss-reactive ketones (excluding diaryl/α,β-unsaturated/α-hetero) is 1. The summed E-state index contributed by atoms with van der Waals surface area (Å²) in [7, 11) is -3.29. The summed E-state index contributed by atoms with van der Waals surface area (Å²) in [5.41, 5.74) is 1.75. The Kier molecular flexibility index (Phi) is 6.07. The molecule has 3 aromatic rings. The Morgan fingerprint density at radius 1 is 1.12 bits per heavy atom. The number of hydrogen-bond donors (Lipinski definition) is 1. The van der Waals surface area contributed by atoms with E-state index in [1.165, 1.54) is 18.3 Å². The summed E-state index contributed by atoms with van der Waals surface area (Å²) in [6.45, 7) is 1.87. The van der Waals surface area contributed by atoms with E-state index in [4.69, 9.17) is 11.6 Å². The van der Waals surface area contributed by atoms with Crippen LogP contribution in [0.2, 0.25) is 5.02 Å². The number of hydrogen-bond acceptors (Lipinski definition) is 6. The van der Waals surface area contributed by atoms with Gasteiger partial charge in [0.05, 0.1) is 33.1 Å². The van der Waals surface area contributed by atoms with Crippen LogP contribution in [0, 0.1) is 0 Å². The number of aromatic nitrogens is 2. The van der Waals surface area contributed by atoms with Crippen molar-refractivity contribution in [3.8, 4) is 0 Å². The molecule has 1 aliphatic carbocycles. The number of ketones is 1. The number of rotatable bonds is 5. The number of aryl methyl sites for hydroxylation is 1. The lowest BCUT2D eigenvalue weighted by Crippen LogP contribution is -2.38. The summed E-state index contributed by atoms with van der Waals surface area (Å²) in [4.78, 5) is 34.8. The van der Waals surface area contributed by atoms with E-state index in [0.717, 1.165) is 6.26 Å². The van der Waals surface area contributed by atoms with Crippen LogP contribution in [-0.4, -0.2) is 36.3 Å². The van der Waals surface area contributed by atoms with Crippen LogP contribution in [0.25, 0.3) is 0 Å². The van der Waals surface area contributed by atoms with Gasteiger partial charge in [0, 0.05) is 18.0 Å². The quantitative estimate of drug-likeness (QED) is 0.591. The summed E-state index contributed by atoms with van der Waals surface area (Å²) in [6.07, 6.45) is 3.86. The topological polar surface area (TPSA) is 106 Å². The molecule has 0 saturated heterocycles. The van der Waals surface area contributed by atoms with E-state index < -0.39 is 15.3 Å². The number of sulfone groups is 1. The van der Waals surface area contributed by atoms with Crippen molar-refractivity contribution in [1.82, 2.24) is 9.97 Å². The highest BCUT2D eigenvalue weighted by atomic mass is 35.5. The molecule has 0 fully saturated rings. The average Bonchev–Trinajstić information content (AvgIpc) is 2.76. The van der Waals surface area contributed by atoms with Crippen molar-refractivity contribution in [3.63, 3.8) is 0 Å². The number of fused-ring (bicyclic) bond motifs is 1. The first-order valence-electron chi connectivity index (χ1n) is 10.3. The first-order chi connectivity index (χ1) is 15.6. The molecule has 2 aromatic heterocycles. The maximum Gasteiger partial charge on any atom is 0.229 e. The summed E-state index contributed by atoms with van der Waals surface area (Å²) in [5.74, 6) is 0.0225. The molecule has 2 heterocycles. The molecule has 33 heavy (non-hydrogen) atoms. The van der Waals surface area contributed by atoms with Crippen molar-refractivity contribution in [1.29, 1.82) is 0 Å². The number of halogens is 1. The van der Waals surface area contributed by atoms with Crippen molar-refractivity contribution in [3.05, 3.63) is 82.3 Å². The van der Waals surface area contributed by atoms with Crippen molar-refractivity contribution in [2.24, 2.45) is 0 Å². The van der Waals surface area contributed by atoms with Crippen molar-refractivity contribution < 1.29 is 18.0 Å². The summed E-state index contributed by atoms with van der Waals surface area (Å²) >= 11 is 5.93. The smallest absolute Gasteiger partial charge is 0.229 e. The molecular weight excluding hydrogens is 462 g/mol. The van der Waals surface area contributed by atoms with E-state index in [1.54, 1.807) is 36.4 Å². The highest BCUT2D eigenvalue weighted by Gasteiger charge is 2.41. The Morgan fingerprint density at radius 2 is 1.85 bits per heavy atom. The maximum atomic E-state index is 13.3. The zero-order valence-corrected chi connectivity index (χ0v) is 19.7. The van der Waals surface area contributed by atoms with Crippen molar-refractivity contribution in [2.45, 2.75) is 36.5 Å². The highest BCUT2D eigenvalue weighted by Crippen LogP contribution is 2.37. The number of amides is 1. The van der Waals surface area contributed by atoms with E-state index in [9.17, 15) is 18.0 Å². The van der Waals surface area contributed by atoms with Crippen LogP contribution in [0.3, 0.4) is 0 Å². The van der Waals surface area contributed by atoms with Gasteiger partial charge in [0.25, 0.3) is 0 Å². The van der Waals surface area contributed by atoms with Gasteiger partial charge in [0.1, 0.15) is 5.82 Å². The number of anilines is 1. The fraction of sp³-hybridized carbons (Fsp3) is 0.250. The van der Waals surface area contributed by atoms with Crippen molar-refractivity contribution >= 4 is 38.9 Å². The van der Waals surface area contributed by atoms with Crippen molar-refractivity contribution in [2.75, 3.05) is 11.6 Å². The fourth-order valence-electron chi connectivity index (χ4n) is 3.92. The van der Waals surface area contributed by atoms with Gasteiger partial charge in [-0.15, -0.1) is 0 Å². The number of benzene rings is 1. The van der Waals surface area contributed by atoms with E-state index in [-0.39, 0.29) is 23.0 Å². The van der Waals surface area contributed by atoms with Crippen LogP contribution in [0.5, 0.6) is 0 Å². The number of nitrogens with zero attached hydrogens (tertiary/aromatic N) is 2. The second-order valence-electron chi connectivity index (χ2n) is 8.35. The zero-order chi connectivity index (χ0) is 23.8. The van der Waals surface area contributed by atoms with Gasteiger partial charge in [-0.3, -0.25) is 14.6 Å². The Balaban J connectivity index is 1.47. The normalized spacial score (nSPS) is 18.0. The molecule has 7 nitrogen and oxygen atoms in total. The third-order valence-corrected chi connectivity index (χ3v) is 7.21. The molecule has 1 N–H and O–H groups in total. The number of carbonyl (C=O) groups excluding carboxylic acids is 2. The minimum Gasteiger partial charge on any atom is -0.310 e. The Morgan fingerprint density at radius 3 is 2.48 bits per heavy atom. The predicted molar refractivity (Wildman–Crippen MR) is 125 cm³/mol. The second kappa shape index (κ2) is 8.68. The van der Waals surface area contributed by atoms with Gasteiger partial charge >= 0.3 is 0 Å². The molecule has 1 atom stereocenters. The Labute approximate surface area is 197 Å². The Hall–Kier alpha value is -3.10. The standard InChI is InChI=1S/C24H22ClN3O4S/c1-24(20-9-5-16(25)14-26-20)12-11-19-18(23(24)30)8-10-21(27-19)28-22(29)13-15-3-6-17(7-4-15)33(2,31)32/h3-10,14H,11-13H2,1-2H3,(H,27,28,29). The van der Waals surface area contributed by atoms with Gasteiger partial charge in [0.2, 0.25) is 5.91 Å². The van der Waals surface area contributed by atoms with E-state index in [0.29, 0.717) is 46.2 Å². The lowest BCUT2D eigenvalue weighted by Gasteiger charge is -2.32. The summed E-state index contributed by atoms with van der Waals surface area (Å²) in [6, 6.07) is 13.0. The molecule has 0 saturated carbocycles. The molecule has 0 aliphatic heterocycles.